The van der Waals surface area contributed by atoms with Crippen molar-refractivity contribution in [2.75, 3.05) is 0 Å². The summed E-state index contributed by atoms with van der Waals surface area (Å²) in [7, 11) is 0. The molecule has 2 aromatic heterocycles. The highest BCUT2D eigenvalue weighted by Gasteiger charge is 2.43. The minimum absolute atomic E-state index is 0.000652. The quantitative estimate of drug-likeness (QED) is 0.156. The average Bonchev–Trinajstić information content (AvgIpc) is 3.88. The van der Waals surface area contributed by atoms with E-state index in [1.807, 2.05) is 0 Å². The van der Waals surface area contributed by atoms with E-state index in [1.54, 1.807) is 0 Å². The first-order chi connectivity index (χ1) is 34.7. The van der Waals surface area contributed by atoms with Crippen LogP contribution in [0.25, 0.3) is 93.8 Å². The fourth-order valence-corrected chi connectivity index (χ4v) is 13.2. The summed E-state index contributed by atoms with van der Waals surface area (Å²) < 4.78 is 5.50. The first-order valence-electron chi connectivity index (χ1n) is 27.5. The zero-order valence-corrected chi connectivity index (χ0v) is 45.4. The fourth-order valence-electron chi connectivity index (χ4n) is 13.2. The van der Waals surface area contributed by atoms with Crippen molar-refractivity contribution < 1.29 is 0 Å². The lowest BCUT2D eigenvalue weighted by atomic mass is 9.45. The Morgan fingerprint density at radius 1 is 0.384 bits per heavy atom. The normalized spacial score (nSPS) is 15.0. The lowest BCUT2D eigenvalue weighted by Gasteiger charge is -2.36. The van der Waals surface area contributed by atoms with E-state index in [-0.39, 0.29) is 28.5 Å². The molecule has 8 aromatic carbocycles. The van der Waals surface area contributed by atoms with Crippen molar-refractivity contribution in [1.82, 2.24) is 9.05 Å². The summed E-state index contributed by atoms with van der Waals surface area (Å²) in [6.45, 7) is 27.8. The molecular formula is C70H71BN2. The van der Waals surface area contributed by atoms with Crippen molar-refractivity contribution in [1.29, 1.82) is 0 Å². The lowest BCUT2D eigenvalue weighted by Crippen LogP contribution is -2.55. The Balaban J connectivity index is 1.16. The van der Waals surface area contributed by atoms with Gasteiger partial charge in [-0.05, 0) is 167 Å². The molecule has 0 radical (unpaired) electrons. The molecule has 0 atom stereocenters. The second-order valence-electron chi connectivity index (χ2n) is 26.5. The molecule has 3 heteroatoms. The van der Waals surface area contributed by atoms with E-state index >= 15 is 0 Å². The second kappa shape index (κ2) is 16.0. The molecule has 1 saturated carbocycles. The zero-order valence-electron chi connectivity index (χ0n) is 45.4. The monoisotopic (exact) mass is 951 g/mol. The van der Waals surface area contributed by atoms with Crippen LogP contribution < -0.4 is 10.9 Å². The van der Waals surface area contributed by atoms with Gasteiger partial charge in [0.2, 0.25) is 0 Å². The van der Waals surface area contributed by atoms with Crippen LogP contribution in [0.2, 0.25) is 0 Å². The maximum absolute atomic E-state index is 2.79. The number of hydrogen-bond donors (Lipinski definition) is 0. The maximum atomic E-state index is 2.79. The third-order valence-electron chi connectivity index (χ3n) is 17.5. The summed E-state index contributed by atoms with van der Waals surface area (Å²) in [5, 5.41) is 5.33. The van der Waals surface area contributed by atoms with Crippen molar-refractivity contribution >= 4 is 61.4 Å². The third kappa shape index (κ3) is 7.33. The Morgan fingerprint density at radius 3 is 1.41 bits per heavy atom. The Labute approximate surface area is 434 Å². The highest BCUT2D eigenvalue weighted by atomic mass is 15.0. The molecule has 364 valence electrons. The second-order valence-corrected chi connectivity index (χ2v) is 26.5. The molecule has 3 aliphatic rings. The Hall–Kier alpha value is -6.58. The topological polar surface area (TPSA) is 9.86 Å². The number of benzene rings is 8. The van der Waals surface area contributed by atoms with Gasteiger partial charge in [0.1, 0.15) is 0 Å². The summed E-state index contributed by atoms with van der Waals surface area (Å²) >= 11 is 0. The minimum atomic E-state index is -0.0344. The molecule has 1 fully saturated rings. The minimum Gasteiger partial charge on any atom is -0.375 e. The van der Waals surface area contributed by atoms with E-state index in [9.17, 15) is 0 Å². The van der Waals surface area contributed by atoms with Gasteiger partial charge in [0, 0.05) is 43.8 Å². The van der Waals surface area contributed by atoms with E-state index < -0.39 is 0 Å². The van der Waals surface area contributed by atoms with Crippen LogP contribution in [-0.2, 0) is 21.7 Å². The molecule has 2 aliphatic heterocycles. The summed E-state index contributed by atoms with van der Waals surface area (Å²) in [6, 6.07) is 58.5. The van der Waals surface area contributed by atoms with Gasteiger partial charge >= 0.3 is 6.85 Å². The largest absolute Gasteiger partial charge is 0.375 e. The number of fused-ring (bicyclic) bond motifs is 10. The highest BCUT2D eigenvalue weighted by Crippen LogP contribution is 2.48. The number of rotatable bonds is 4. The number of aromatic nitrogens is 2. The molecule has 13 rings (SSSR count). The van der Waals surface area contributed by atoms with Gasteiger partial charge in [-0.25, -0.2) is 0 Å². The lowest BCUT2D eigenvalue weighted by molar-refractivity contribution is 0.443. The summed E-state index contributed by atoms with van der Waals surface area (Å²) in [4.78, 5) is 0. The average molecular weight is 951 g/mol. The van der Waals surface area contributed by atoms with Gasteiger partial charge in [0.05, 0.1) is 11.0 Å². The smallest absolute Gasteiger partial charge is 0.333 e. The van der Waals surface area contributed by atoms with Gasteiger partial charge in [0.15, 0.2) is 0 Å². The van der Waals surface area contributed by atoms with Gasteiger partial charge in [-0.3, -0.25) is 0 Å². The van der Waals surface area contributed by atoms with E-state index in [0.29, 0.717) is 5.92 Å². The van der Waals surface area contributed by atoms with Crippen LogP contribution in [0.15, 0.2) is 146 Å². The fraction of sp³-hybridized carbons (Fsp3) is 0.314. The molecule has 1 aliphatic carbocycles. The van der Waals surface area contributed by atoms with Crippen LogP contribution in [-0.4, -0.2) is 15.9 Å². The van der Waals surface area contributed by atoms with Crippen LogP contribution in [0.1, 0.15) is 149 Å². The molecular weight excluding hydrogens is 880 g/mol. The van der Waals surface area contributed by atoms with Gasteiger partial charge in [-0.2, -0.15) is 0 Å². The Morgan fingerprint density at radius 2 is 0.849 bits per heavy atom. The summed E-state index contributed by atoms with van der Waals surface area (Å²) in [5.74, 6) is 0.541. The van der Waals surface area contributed by atoms with Gasteiger partial charge in [-0.15, -0.1) is 0 Å². The molecule has 10 aromatic rings. The van der Waals surface area contributed by atoms with Crippen molar-refractivity contribution in [2.45, 2.75) is 143 Å². The van der Waals surface area contributed by atoms with E-state index in [4.69, 9.17) is 0 Å². The zero-order chi connectivity index (χ0) is 50.7. The summed E-state index contributed by atoms with van der Waals surface area (Å²) in [6.07, 6.45) is 6.43. The Kier molecular flexibility index (Phi) is 10.1. The molecule has 0 unspecified atom stereocenters. The molecule has 4 heterocycles. The van der Waals surface area contributed by atoms with Crippen molar-refractivity contribution in [3.8, 4) is 50.2 Å². The molecule has 0 N–H and O–H groups in total. The van der Waals surface area contributed by atoms with E-state index in [0.717, 1.165) is 0 Å². The van der Waals surface area contributed by atoms with Gasteiger partial charge < -0.3 is 9.05 Å². The van der Waals surface area contributed by atoms with Crippen LogP contribution in [0.5, 0.6) is 0 Å². The van der Waals surface area contributed by atoms with Gasteiger partial charge in [-0.1, -0.05) is 199 Å². The van der Waals surface area contributed by atoms with Crippen LogP contribution in [0.3, 0.4) is 0 Å². The van der Waals surface area contributed by atoms with Crippen molar-refractivity contribution in [3.05, 3.63) is 173 Å². The van der Waals surface area contributed by atoms with E-state index in [2.05, 4.69) is 238 Å². The molecule has 0 spiro atoms. The molecule has 0 saturated heterocycles. The first-order valence-corrected chi connectivity index (χ1v) is 27.5. The van der Waals surface area contributed by atoms with Crippen molar-refractivity contribution in [2.24, 2.45) is 0 Å². The van der Waals surface area contributed by atoms with Gasteiger partial charge in [0.25, 0.3) is 0 Å². The Bertz CT molecular complexity index is 3880. The third-order valence-corrected chi connectivity index (χ3v) is 17.5. The van der Waals surface area contributed by atoms with Crippen LogP contribution in [0, 0.1) is 0 Å². The predicted octanol–water partition coefficient (Wildman–Crippen LogP) is 18.1. The highest BCUT2D eigenvalue weighted by molar-refractivity contribution is 6.90. The maximum Gasteiger partial charge on any atom is 0.333 e. The summed E-state index contributed by atoms with van der Waals surface area (Å²) in [5.41, 5.74) is 27.0. The van der Waals surface area contributed by atoms with Crippen LogP contribution >= 0.6 is 0 Å². The standard InChI is InChI=1S/C70H71BN2/c1-67(2,3)50-25-18-43(19-26-50)46-24-32-61-54(34-46)58-38-48(45-22-29-52(30-23-45)69(7,8)9)39-60-66(58)72(61)63-40-49(42-16-14-13-15-17-42)35-56-59-37-47(44-20-27-51(28-21-44)68(4,5)6)36-57-55-41-53(70(10,11)12)31-33-62(55)73(65(57)59)71(60)64(56)63/h18-42H,13-17H2,1-12H3. The molecule has 2 nitrogen and oxygen atoms in total. The molecule has 0 amide bonds. The molecule has 73 heavy (non-hydrogen) atoms. The number of hydrogen-bond acceptors (Lipinski definition) is 0. The van der Waals surface area contributed by atoms with Crippen molar-refractivity contribution in [3.63, 3.8) is 0 Å². The first kappa shape index (κ1) is 46.2. The number of nitrogens with zero attached hydrogens (tertiary/aromatic N) is 2. The van der Waals surface area contributed by atoms with Crippen LogP contribution in [0.4, 0.5) is 0 Å². The van der Waals surface area contributed by atoms with E-state index in [1.165, 1.54) is 165 Å². The predicted molar refractivity (Wildman–Crippen MR) is 317 cm³/mol. The molecule has 0 bridgehead atoms. The SMILES string of the molecule is CC(C)(C)c1ccc(-c2cc3c4c(c2)c2cc(C(C)(C)C)ccc2n4B2c4c-3cc(C3CCCCC3)cc4-n3c4ccc(-c5ccc(C(C)(C)C)cc5)cc4c4cc(-c5ccc(C(C)(C)C)cc5)cc2c43)cc1.